The first-order valence-electron chi connectivity index (χ1n) is 5.18. The van der Waals surface area contributed by atoms with Gasteiger partial charge >= 0.3 is 0 Å². The second-order valence-electron chi connectivity index (χ2n) is 4.22. The van der Waals surface area contributed by atoms with Gasteiger partial charge in [-0.05, 0) is 31.9 Å². The lowest BCUT2D eigenvalue weighted by Crippen LogP contribution is -2.35. The maximum atomic E-state index is 4.63. The van der Waals surface area contributed by atoms with Crippen LogP contribution in [0.25, 0.3) is 0 Å². The molecule has 0 unspecified atom stereocenters. The molecule has 2 aliphatic rings. The van der Waals surface area contributed by atoms with Crippen molar-refractivity contribution >= 4 is 0 Å². The highest BCUT2D eigenvalue weighted by molar-refractivity contribution is 5.11. The maximum absolute atomic E-state index is 4.63. The molecule has 0 bridgehead atoms. The van der Waals surface area contributed by atoms with Crippen molar-refractivity contribution in [3.8, 4) is 0 Å². The first-order valence-corrected chi connectivity index (χ1v) is 5.18. The largest absolute Gasteiger partial charge is 0.253 e. The second-order valence-corrected chi connectivity index (χ2v) is 4.22. The summed E-state index contributed by atoms with van der Waals surface area (Å²) in [7, 11) is 0. The normalized spacial score (nSPS) is 23.2. The zero-order valence-corrected chi connectivity index (χ0v) is 8.11. The van der Waals surface area contributed by atoms with E-state index in [1.165, 1.54) is 19.3 Å². The molecule has 1 fully saturated rings. The average Bonchev–Trinajstić information content (AvgIpc) is 2.36. The molecular formula is C12H13N2. The maximum Gasteiger partial charge on any atom is 0.154 e. The number of hydrogen-bond donors (Lipinski definition) is 0. The zero-order valence-electron chi connectivity index (χ0n) is 8.11. The Morgan fingerprint density at radius 1 is 1.14 bits per heavy atom. The van der Waals surface area contributed by atoms with Crippen molar-refractivity contribution in [2.75, 3.05) is 0 Å². The smallest absolute Gasteiger partial charge is 0.154 e. The van der Waals surface area contributed by atoms with Crippen LogP contribution in [0, 0.1) is 12.8 Å². The van der Waals surface area contributed by atoms with E-state index >= 15 is 0 Å². The molecule has 2 nitrogen and oxygen atoms in total. The Kier molecular flexibility index (Phi) is 1.55. The molecule has 3 rings (SSSR count). The molecule has 1 aromatic rings. The third kappa shape index (κ3) is 1.03. The van der Waals surface area contributed by atoms with Gasteiger partial charge in [-0.25, -0.2) is 0 Å². The van der Waals surface area contributed by atoms with Crippen LogP contribution in [0.15, 0.2) is 34.3 Å². The van der Waals surface area contributed by atoms with Crippen LogP contribution < -0.4 is 10.7 Å². The molecule has 0 saturated heterocycles. The molecule has 1 aliphatic carbocycles. The van der Waals surface area contributed by atoms with Crippen molar-refractivity contribution in [2.24, 2.45) is 15.9 Å². The Morgan fingerprint density at radius 3 is 2.14 bits per heavy atom. The van der Waals surface area contributed by atoms with Crippen LogP contribution in [0.2, 0.25) is 0 Å². The Balaban J connectivity index is 2.12. The van der Waals surface area contributed by atoms with E-state index in [9.17, 15) is 0 Å². The molecule has 1 heterocycles. The zero-order chi connectivity index (χ0) is 9.60. The topological polar surface area (TPSA) is 24.7 Å². The van der Waals surface area contributed by atoms with E-state index in [0.717, 1.165) is 10.7 Å². The third-order valence-corrected chi connectivity index (χ3v) is 3.27. The third-order valence-electron chi connectivity index (χ3n) is 3.27. The van der Waals surface area contributed by atoms with Crippen molar-refractivity contribution in [1.29, 1.82) is 0 Å². The fourth-order valence-corrected chi connectivity index (χ4v) is 2.15. The fraction of sp³-hybridized carbons (Fsp3) is 0.417. The lowest BCUT2D eigenvalue weighted by atomic mass is 9.77. The molecule has 1 aromatic carbocycles. The highest BCUT2D eigenvalue weighted by atomic mass is 15.1. The van der Waals surface area contributed by atoms with Gasteiger partial charge in [0, 0.05) is 5.92 Å². The number of hydrogen-bond acceptors (Lipinski definition) is 2. The van der Waals surface area contributed by atoms with Gasteiger partial charge in [-0.1, -0.05) is 18.6 Å². The summed E-state index contributed by atoms with van der Waals surface area (Å²) in [5, 5.41) is 2.02. The molecule has 0 amide bonds. The molecule has 2 heteroatoms. The second kappa shape index (κ2) is 2.66. The molecule has 1 saturated carbocycles. The molecule has 1 radical (unpaired) electrons. The van der Waals surface area contributed by atoms with Crippen molar-refractivity contribution in [2.45, 2.75) is 24.9 Å². The van der Waals surface area contributed by atoms with Gasteiger partial charge in [0.15, 0.2) is 5.66 Å². The van der Waals surface area contributed by atoms with Gasteiger partial charge in [0.05, 0.1) is 10.7 Å². The molecule has 1 aliphatic heterocycles. The minimum atomic E-state index is -0.401. The molecule has 0 aromatic heterocycles. The molecule has 14 heavy (non-hydrogen) atoms. The van der Waals surface area contributed by atoms with Crippen molar-refractivity contribution in [3.05, 3.63) is 41.9 Å². The quantitative estimate of drug-likeness (QED) is 0.629. The van der Waals surface area contributed by atoms with E-state index in [1.807, 2.05) is 24.3 Å². The first-order chi connectivity index (χ1) is 6.78. The van der Waals surface area contributed by atoms with Gasteiger partial charge in [0.2, 0.25) is 0 Å². The summed E-state index contributed by atoms with van der Waals surface area (Å²) in [5.41, 5.74) is -0.401. The van der Waals surface area contributed by atoms with E-state index in [1.54, 1.807) is 0 Å². The summed E-state index contributed by atoms with van der Waals surface area (Å²) in [5.74, 6) is 0.565. The summed E-state index contributed by atoms with van der Waals surface area (Å²) >= 11 is 0. The van der Waals surface area contributed by atoms with E-state index in [2.05, 4.69) is 16.9 Å². The van der Waals surface area contributed by atoms with E-state index in [4.69, 9.17) is 0 Å². The fourth-order valence-electron chi connectivity index (χ4n) is 2.15. The summed E-state index contributed by atoms with van der Waals surface area (Å²) in [6, 6.07) is 8.05. The first kappa shape index (κ1) is 8.16. The lowest BCUT2D eigenvalue weighted by molar-refractivity contribution is 0.212. The van der Waals surface area contributed by atoms with Crippen LogP contribution in [0.5, 0.6) is 0 Å². The van der Waals surface area contributed by atoms with Crippen LogP contribution in [-0.2, 0) is 0 Å². The van der Waals surface area contributed by atoms with Gasteiger partial charge in [0.25, 0.3) is 0 Å². The van der Waals surface area contributed by atoms with Crippen LogP contribution in [-0.4, -0.2) is 5.66 Å². The van der Waals surface area contributed by atoms with Gasteiger partial charge in [-0.3, -0.25) is 9.98 Å². The highest BCUT2D eigenvalue weighted by Crippen LogP contribution is 2.39. The van der Waals surface area contributed by atoms with E-state index < -0.39 is 5.66 Å². The predicted molar refractivity (Wildman–Crippen MR) is 54.2 cm³/mol. The monoisotopic (exact) mass is 185 g/mol. The highest BCUT2D eigenvalue weighted by Gasteiger charge is 2.38. The minimum absolute atomic E-state index is 0.401. The van der Waals surface area contributed by atoms with Gasteiger partial charge in [0.1, 0.15) is 0 Å². The minimum Gasteiger partial charge on any atom is -0.253 e. The van der Waals surface area contributed by atoms with Crippen LogP contribution in [0.4, 0.5) is 0 Å². The molecular weight excluding hydrogens is 172 g/mol. The lowest BCUT2D eigenvalue weighted by Gasteiger charge is -2.35. The van der Waals surface area contributed by atoms with Gasteiger partial charge < -0.3 is 0 Å². The summed E-state index contributed by atoms with van der Waals surface area (Å²) in [6.45, 7) is 4.17. The van der Waals surface area contributed by atoms with E-state index in [0.29, 0.717) is 5.92 Å². The summed E-state index contributed by atoms with van der Waals surface area (Å²) < 4.78 is 0. The van der Waals surface area contributed by atoms with Crippen molar-refractivity contribution in [1.82, 2.24) is 0 Å². The number of rotatable bonds is 1. The van der Waals surface area contributed by atoms with Gasteiger partial charge in [-0.15, -0.1) is 0 Å². The molecule has 0 atom stereocenters. The Labute approximate surface area is 83.4 Å². The SMILES string of the molecule is [CH2]C1(C2CCC2)N=c2ccccc2=N1. The standard InChI is InChI=1S/C12H13N2/c1-12(9-5-4-6-9)13-10-7-2-3-8-11(10)14-12/h2-3,7-9H,1,4-6H2. The van der Waals surface area contributed by atoms with Crippen LogP contribution in [0.1, 0.15) is 19.3 Å². The van der Waals surface area contributed by atoms with Crippen molar-refractivity contribution in [3.63, 3.8) is 0 Å². The number of benzene rings is 1. The average molecular weight is 185 g/mol. The summed E-state index contributed by atoms with van der Waals surface area (Å²) in [4.78, 5) is 9.26. The molecule has 71 valence electrons. The van der Waals surface area contributed by atoms with E-state index in [-0.39, 0.29) is 0 Å². The molecule has 0 N–H and O–H groups in total. The van der Waals surface area contributed by atoms with Crippen LogP contribution in [0.3, 0.4) is 0 Å². The Hall–Kier alpha value is -1.18. The summed E-state index contributed by atoms with van der Waals surface area (Å²) in [6.07, 6.45) is 3.76. The number of fused-ring (bicyclic) bond motifs is 1. The van der Waals surface area contributed by atoms with Crippen LogP contribution >= 0.6 is 0 Å². The predicted octanol–water partition coefficient (Wildman–Crippen LogP) is 1.27. The molecule has 0 spiro atoms. The number of para-hydroxylation sites is 2. The van der Waals surface area contributed by atoms with Crippen molar-refractivity contribution < 1.29 is 0 Å². The number of nitrogens with zero attached hydrogens (tertiary/aromatic N) is 2. The Bertz CT molecular complexity index is 436. The Morgan fingerprint density at radius 2 is 1.71 bits per heavy atom. The van der Waals surface area contributed by atoms with Gasteiger partial charge in [-0.2, -0.15) is 0 Å².